The van der Waals surface area contributed by atoms with E-state index in [2.05, 4.69) is 6.58 Å². The van der Waals surface area contributed by atoms with Crippen LogP contribution in [0.25, 0.3) is 0 Å². The summed E-state index contributed by atoms with van der Waals surface area (Å²) in [6, 6.07) is 5.40. The Morgan fingerprint density at radius 1 is 1.54 bits per heavy atom. The molecule has 0 spiro atoms. The van der Waals surface area contributed by atoms with Crippen molar-refractivity contribution in [2.45, 2.75) is 12.5 Å². The molecule has 3 heteroatoms. The van der Waals surface area contributed by atoms with Crippen LogP contribution < -0.4 is 11.5 Å². The van der Waals surface area contributed by atoms with Gasteiger partial charge in [0.1, 0.15) is 0 Å². The summed E-state index contributed by atoms with van der Waals surface area (Å²) < 4.78 is 0. The van der Waals surface area contributed by atoms with Crippen molar-refractivity contribution in [2.24, 2.45) is 5.73 Å². The standard InChI is InChI=1S/C10H13ClN2/c1-2-3-9(12)7-4-5-8(11)10(13)6-7/h2,4-6,9H,1,3,12-13H2. The van der Waals surface area contributed by atoms with Crippen LogP contribution in [0.15, 0.2) is 30.9 Å². The molecule has 0 bridgehead atoms. The number of hydrogen-bond donors (Lipinski definition) is 2. The first-order valence-corrected chi connectivity index (χ1v) is 4.44. The average molecular weight is 197 g/mol. The van der Waals surface area contributed by atoms with E-state index in [1.54, 1.807) is 18.2 Å². The summed E-state index contributed by atoms with van der Waals surface area (Å²) in [4.78, 5) is 0. The maximum atomic E-state index is 5.85. The Kier molecular flexibility index (Phi) is 3.34. The Bertz CT molecular complexity index is 310. The highest BCUT2D eigenvalue weighted by molar-refractivity contribution is 6.33. The van der Waals surface area contributed by atoms with Gasteiger partial charge in [-0.2, -0.15) is 0 Å². The fourth-order valence-corrected chi connectivity index (χ4v) is 1.23. The van der Waals surface area contributed by atoms with E-state index in [-0.39, 0.29) is 6.04 Å². The summed E-state index contributed by atoms with van der Waals surface area (Å²) in [5.74, 6) is 0. The van der Waals surface area contributed by atoms with Crippen molar-refractivity contribution in [3.8, 4) is 0 Å². The number of anilines is 1. The zero-order valence-electron chi connectivity index (χ0n) is 7.33. The molecule has 0 heterocycles. The first-order chi connectivity index (χ1) is 6.15. The molecule has 1 atom stereocenters. The van der Waals surface area contributed by atoms with Crippen LogP contribution in [0.2, 0.25) is 5.02 Å². The molecule has 0 fully saturated rings. The molecule has 4 N–H and O–H groups in total. The van der Waals surface area contributed by atoms with E-state index in [9.17, 15) is 0 Å². The monoisotopic (exact) mass is 196 g/mol. The van der Waals surface area contributed by atoms with Gasteiger partial charge in [-0.25, -0.2) is 0 Å². The third kappa shape index (κ3) is 2.47. The van der Waals surface area contributed by atoms with Crippen LogP contribution in [0.3, 0.4) is 0 Å². The lowest BCUT2D eigenvalue weighted by Crippen LogP contribution is -2.09. The summed E-state index contributed by atoms with van der Waals surface area (Å²) in [5.41, 5.74) is 13.1. The second-order valence-electron chi connectivity index (χ2n) is 2.91. The second kappa shape index (κ2) is 4.30. The molecule has 13 heavy (non-hydrogen) atoms. The van der Waals surface area contributed by atoms with Gasteiger partial charge in [0.05, 0.1) is 10.7 Å². The van der Waals surface area contributed by atoms with Crippen LogP contribution in [0, 0.1) is 0 Å². The maximum Gasteiger partial charge on any atom is 0.0635 e. The van der Waals surface area contributed by atoms with E-state index < -0.39 is 0 Å². The van der Waals surface area contributed by atoms with Gasteiger partial charge in [0.25, 0.3) is 0 Å². The van der Waals surface area contributed by atoms with E-state index in [4.69, 9.17) is 23.1 Å². The minimum Gasteiger partial charge on any atom is -0.398 e. The molecule has 0 saturated carbocycles. The lowest BCUT2D eigenvalue weighted by atomic mass is 10.0. The first-order valence-electron chi connectivity index (χ1n) is 4.06. The molecule has 0 saturated heterocycles. The Morgan fingerprint density at radius 2 is 2.23 bits per heavy atom. The predicted octanol–water partition coefficient (Wildman–Crippen LogP) is 2.50. The topological polar surface area (TPSA) is 52.0 Å². The molecule has 1 rings (SSSR count). The van der Waals surface area contributed by atoms with Crippen molar-refractivity contribution in [1.29, 1.82) is 0 Å². The highest BCUT2D eigenvalue weighted by Gasteiger charge is 2.05. The van der Waals surface area contributed by atoms with Crippen molar-refractivity contribution >= 4 is 17.3 Å². The molecule has 2 nitrogen and oxygen atoms in total. The highest BCUT2D eigenvalue weighted by Crippen LogP contribution is 2.23. The van der Waals surface area contributed by atoms with E-state index in [0.29, 0.717) is 10.7 Å². The summed E-state index contributed by atoms with van der Waals surface area (Å²) in [6.45, 7) is 3.63. The molecule has 0 amide bonds. The molecule has 0 aliphatic heterocycles. The first kappa shape index (κ1) is 10.1. The van der Waals surface area contributed by atoms with Crippen LogP contribution in [0.4, 0.5) is 5.69 Å². The van der Waals surface area contributed by atoms with E-state index in [0.717, 1.165) is 12.0 Å². The highest BCUT2D eigenvalue weighted by atomic mass is 35.5. The summed E-state index contributed by atoms with van der Waals surface area (Å²) in [6.07, 6.45) is 2.52. The van der Waals surface area contributed by atoms with Crippen molar-refractivity contribution in [1.82, 2.24) is 0 Å². The largest absolute Gasteiger partial charge is 0.398 e. The SMILES string of the molecule is C=CCC(N)c1ccc(Cl)c(N)c1. The van der Waals surface area contributed by atoms with Crippen molar-refractivity contribution < 1.29 is 0 Å². The number of hydrogen-bond acceptors (Lipinski definition) is 2. The second-order valence-corrected chi connectivity index (χ2v) is 3.32. The van der Waals surface area contributed by atoms with Gasteiger partial charge >= 0.3 is 0 Å². The molecule has 1 aromatic carbocycles. The van der Waals surface area contributed by atoms with Crippen LogP contribution in [-0.4, -0.2) is 0 Å². The predicted molar refractivity (Wildman–Crippen MR) is 57.6 cm³/mol. The van der Waals surface area contributed by atoms with Crippen molar-refractivity contribution in [2.75, 3.05) is 5.73 Å². The molecule has 0 aromatic heterocycles. The number of nitrogens with two attached hydrogens (primary N) is 2. The minimum absolute atomic E-state index is 0.0444. The Labute approximate surface area is 83.2 Å². The Hall–Kier alpha value is -0.990. The van der Waals surface area contributed by atoms with E-state index in [1.807, 2.05) is 6.07 Å². The van der Waals surface area contributed by atoms with Crippen LogP contribution in [-0.2, 0) is 0 Å². The number of nitrogen functional groups attached to an aromatic ring is 1. The van der Waals surface area contributed by atoms with Crippen molar-refractivity contribution in [3.63, 3.8) is 0 Å². The molecule has 1 unspecified atom stereocenters. The zero-order chi connectivity index (χ0) is 9.84. The average Bonchev–Trinajstić information content (AvgIpc) is 2.10. The molecule has 0 radical (unpaired) electrons. The maximum absolute atomic E-state index is 5.85. The molecular weight excluding hydrogens is 184 g/mol. The lowest BCUT2D eigenvalue weighted by Gasteiger charge is -2.10. The molecule has 0 aliphatic carbocycles. The third-order valence-corrected chi connectivity index (χ3v) is 2.21. The molecule has 70 valence electrons. The van der Waals surface area contributed by atoms with Gasteiger partial charge in [-0.1, -0.05) is 23.7 Å². The minimum atomic E-state index is -0.0444. The third-order valence-electron chi connectivity index (χ3n) is 1.87. The van der Waals surface area contributed by atoms with Crippen LogP contribution >= 0.6 is 11.6 Å². The van der Waals surface area contributed by atoms with Gasteiger partial charge in [0.15, 0.2) is 0 Å². The molecule has 1 aromatic rings. The molecular formula is C10H13ClN2. The van der Waals surface area contributed by atoms with Gasteiger partial charge in [0, 0.05) is 6.04 Å². The Morgan fingerprint density at radius 3 is 2.77 bits per heavy atom. The normalized spacial score (nSPS) is 12.5. The van der Waals surface area contributed by atoms with Crippen molar-refractivity contribution in [3.05, 3.63) is 41.4 Å². The summed E-state index contributed by atoms with van der Waals surface area (Å²) in [7, 11) is 0. The number of benzene rings is 1. The van der Waals surface area contributed by atoms with Gasteiger partial charge in [-0.3, -0.25) is 0 Å². The van der Waals surface area contributed by atoms with Crippen LogP contribution in [0.5, 0.6) is 0 Å². The summed E-state index contributed by atoms with van der Waals surface area (Å²) >= 11 is 5.78. The van der Waals surface area contributed by atoms with Gasteiger partial charge in [-0.05, 0) is 24.1 Å². The van der Waals surface area contributed by atoms with Gasteiger partial charge < -0.3 is 11.5 Å². The summed E-state index contributed by atoms with van der Waals surface area (Å²) in [5, 5.41) is 0.564. The van der Waals surface area contributed by atoms with E-state index >= 15 is 0 Å². The number of rotatable bonds is 3. The lowest BCUT2D eigenvalue weighted by molar-refractivity contribution is 0.742. The fraction of sp³-hybridized carbons (Fsp3) is 0.200. The quantitative estimate of drug-likeness (QED) is 0.577. The van der Waals surface area contributed by atoms with Gasteiger partial charge in [0.2, 0.25) is 0 Å². The smallest absolute Gasteiger partial charge is 0.0635 e. The number of halogens is 1. The fourth-order valence-electron chi connectivity index (χ4n) is 1.11. The molecule has 0 aliphatic rings. The van der Waals surface area contributed by atoms with Crippen LogP contribution in [0.1, 0.15) is 18.0 Å². The van der Waals surface area contributed by atoms with E-state index in [1.165, 1.54) is 0 Å². The Balaban J connectivity index is 2.89. The zero-order valence-corrected chi connectivity index (χ0v) is 8.09. The van der Waals surface area contributed by atoms with Gasteiger partial charge in [-0.15, -0.1) is 6.58 Å².